The van der Waals surface area contributed by atoms with Crippen molar-refractivity contribution in [1.82, 2.24) is 0 Å². The molecule has 0 fully saturated rings. The number of amidine groups is 1. The fourth-order valence-electron chi connectivity index (χ4n) is 1.35. The molecule has 2 N–H and O–H groups in total. The fraction of sp³-hybridized carbons (Fsp3) is 0.364. The van der Waals surface area contributed by atoms with Gasteiger partial charge in [0.1, 0.15) is 17.3 Å². The first kappa shape index (κ1) is 12.7. The summed E-state index contributed by atoms with van der Waals surface area (Å²) in [6.45, 7) is 0. The lowest BCUT2D eigenvalue weighted by Gasteiger charge is -2.13. The smallest absolute Gasteiger partial charge is 0.133 e. The van der Waals surface area contributed by atoms with Gasteiger partial charge in [0.25, 0.3) is 0 Å². The van der Waals surface area contributed by atoms with E-state index in [1.807, 2.05) is 18.4 Å². The third kappa shape index (κ3) is 2.41. The second-order valence-corrected chi connectivity index (χ2v) is 3.86. The lowest BCUT2D eigenvalue weighted by atomic mass is 10.1. The van der Waals surface area contributed by atoms with Crippen LogP contribution in [0.25, 0.3) is 0 Å². The molecule has 0 amide bonds. The average Bonchev–Trinajstić information content (AvgIpc) is 2.35. The van der Waals surface area contributed by atoms with Crippen molar-refractivity contribution in [2.24, 2.45) is 10.7 Å². The van der Waals surface area contributed by atoms with Gasteiger partial charge in [-0.05, 0) is 18.4 Å². The molecular weight excluding hydrogens is 224 g/mol. The Morgan fingerprint density at radius 1 is 1.25 bits per heavy atom. The van der Waals surface area contributed by atoms with Crippen LogP contribution in [0.2, 0.25) is 0 Å². The van der Waals surface area contributed by atoms with Gasteiger partial charge in [0.05, 0.1) is 24.7 Å². The molecular formula is C11H16N2O2S. The second kappa shape index (κ2) is 5.65. The predicted molar refractivity (Wildman–Crippen MR) is 68.0 cm³/mol. The molecule has 5 heteroatoms. The summed E-state index contributed by atoms with van der Waals surface area (Å²) in [5.74, 6) is 1.91. The van der Waals surface area contributed by atoms with Crippen molar-refractivity contribution in [2.45, 2.75) is 4.90 Å². The molecule has 0 radical (unpaired) electrons. The molecule has 0 aliphatic rings. The second-order valence-electron chi connectivity index (χ2n) is 3.02. The molecule has 0 unspecified atom stereocenters. The van der Waals surface area contributed by atoms with Crippen molar-refractivity contribution in [3.8, 4) is 11.5 Å². The minimum atomic E-state index is 0.433. The zero-order valence-corrected chi connectivity index (χ0v) is 10.7. The van der Waals surface area contributed by atoms with Gasteiger partial charge in [0.2, 0.25) is 0 Å². The number of hydrogen-bond acceptors (Lipinski definition) is 4. The summed E-state index contributed by atoms with van der Waals surface area (Å²) in [4.78, 5) is 4.96. The van der Waals surface area contributed by atoms with E-state index in [1.54, 1.807) is 33.0 Å². The van der Waals surface area contributed by atoms with Gasteiger partial charge in [-0.3, -0.25) is 4.99 Å². The van der Waals surface area contributed by atoms with Gasteiger partial charge < -0.3 is 15.2 Å². The van der Waals surface area contributed by atoms with Gasteiger partial charge in [-0.2, -0.15) is 0 Å². The molecule has 0 atom stereocenters. The highest BCUT2D eigenvalue weighted by Crippen LogP contribution is 2.34. The van der Waals surface area contributed by atoms with Crippen LogP contribution in [0.1, 0.15) is 5.56 Å². The van der Waals surface area contributed by atoms with Crippen LogP contribution in [0.5, 0.6) is 11.5 Å². The van der Waals surface area contributed by atoms with Gasteiger partial charge in [-0.15, -0.1) is 11.8 Å². The number of thioether (sulfide) groups is 1. The molecule has 0 spiro atoms. The van der Waals surface area contributed by atoms with Crippen molar-refractivity contribution in [3.05, 3.63) is 17.7 Å². The maximum absolute atomic E-state index is 5.79. The minimum absolute atomic E-state index is 0.433. The molecule has 0 heterocycles. The van der Waals surface area contributed by atoms with E-state index in [-0.39, 0.29) is 0 Å². The lowest BCUT2D eigenvalue weighted by molar-refractivity contribution is 0.393. The van der Waals surface area contributed by atoms with Gasteiger partial charge in [0.15, 0.2) is 0 Å². The van der Waals surface area contributed by atoms with E-state index in [0.717, 1.165) is 16.2 Å². The van der Waals surface area contributed by atoms with Gasteiger partial charge in [0, 0.05) is 7.05 Å². The molecule has 1 rings (SSSR count). The van der Waals surface area contributed by atoms with Crippen LogP contribution in [0.4, 0.5) is 0 Å². The Bertz CT molecular complexity index is 405. The zero-order valence-electron chi connectivity index (χ0n) is 9.90. The summed E-state index contributed by atoms with van der Waals surface area (Å²) >= 11 is 1.59. The predicted octanol–water partition coefficient (Wildman–Crippen LogP) is 1.76. The molecule has 0 aromatic heterocycles. The molecule has 0 aliphatic heterocycles. The molecule has 0 saturated carbocycles. The number of methoxy groups -OCH3 is 2. The maximum atomic E-state index is 5.79. The Kier molecular flexibility index (Phi) is 4.49. The van der Waals surface area contributed by atoms with E-state index < -0.39 is 0 Å². The average molecular weight is 240 g/mol. The van der Waals surface area contributed by atoms with Crippen LogP contribution in [0, 0.1) is 0 Å². The van der Waals surface area contributed by atoms with Crippen LogP contribution in [0.15, 0.2) is 22.0 Å². The molecule has 1 aromatic carbocycles. The van der Waals surface area contributed by atoms with Gasteiger partial charge >= 0.3 is 0 Å². The van der Waals surface area contributed by atoms with Crippen molar-refractivity contribution >= 4 is 17.6 Å². The number of hydrogen-bond donors (Lipinski definition) is 1. The van der Waals surface area contributed by atoms with E-state index in [0.29, 0.717) is 11.6 Å². The maximum Gasteiger partial charge on any atom is 0.133 e. The number of nitrogens with zero attached hydrogens (tertiary/aromatic N) is 1. The fourth-order valence-corrected chi connectivity index (χ4v) is 1.92. The largest absolute Gasteiger partial charge is 0.496 e. The Morgan fingerprint density at radius 3 is 2.31 bits per heavy atom. The van der Waals surface area contributed by atoms with E-state index in [1.165, 1.54) is 0 Å². The molecule has 1 aromatic rings. The molecule has 0 bridgehead atoms. The standard InChI is InChI=1S/C11H16N2O2S/c1-13-11(12)7-5-9(15-3)10(16-4)6-8(7)14-2/h5-6H,1-4H3,(H2,12,13). The summed E-state index contributed by atoms with van der Waals surface area (Å²) in [5, 5.41) is 0. The summed E-state index contributed by atoms with van der Waals surface area (Å²) in [6, 6.07) is 3.74. The van der Waals surface area contributed by atoms with Crippen LogP contribution < -0.4 is 15.2 Å². The van der Waals surface area contributed by atoms with Crippen LogP contribution in [0.3, 0.4) is 0 Å². The Morgan fingerprint density at radius 2 is 1.88 bits per heavy atom. The minimum Gasteiger partial charge on any atom is -0.496 e. The number of ether oxygens (including phenoxy) is 2. The Labute approximate surface area is 99.8 Å². The lowest BCUT2D eigenvalue weighted by Crippen LogP contribution is -2.14. The topological polar surface area (TPSA) is 56.8 Å². The normalized spacial score (nSPS) is 11.4. The first-order valence-electron chi connectivity index (χ1n) is 4.70. The summed E-state index contributed by atoms with van der Waals surface area (Å²) in [6.07, 6.45) is 1.98. The summed E-state index contributed by atoms with van der Waals surface area (Å²) < 4.78 is 10.6. The van der Waals surface area contributed by atoms with Crippen molar-refractivity contribution in [1.29, 1.82) is 0 Å². The van der Waals surface area contributed by atoms with Crippen LogP contribution >= 0.6 is 11.8 Å². The number of rotatable bonds is 4. The highest BCUT2D eigenvalue weighted by molar-refractivity contribution is 7.98. The quantitative estimate of drug-likeness (QED) is 0.495. The highest BCUT2D eigenvalue weighted by Gasteiger charge is 2.12. The van der Waals surface area contributed by atoms with Crippen molar-refractivity contribution < 1.29 is 9.47 Å². The summed E-state index contributed by atoms with van der Waals surface area (Å²) in [5.41, 5.74) is 6.54. The van der Waals surface area contributed by atoms with E-state index in [9.17, 15) is 0 Å². The zero-order chi connectivity index (χ0) is 12.1. The van der Waals surface area contributed by atoms with Gasteiger partial charge in [-0.25, -0.2) is 0 Å². The van der Waals surface area contributed by atoms with Crippen LogP contribution in [-0.4, -0.2) is 33.4 Å². The highest BCUT2D eigenvalue weighted by atomic mass is 32.2. The number of aliphatic imine (C=N–C) groups is 1. The summed E-state index contributed by atoms with van der Waals surface area (Å²) in [7, 11) is 4.88. The SMILES string of the molecule is CN=C(N)c1cc(OC)c(SC)cc1OC. The monoisotopic (exact) mass is 240 g/mol. The van der Waals surface area contributed by atoms with Gasteiger partial charge in [-0.1, -0.05) is 0 Å². The number of benzene rings is 1. The third-order valence-corrected chi connectivity index (χ3v) is 2.98. The molecule has 0 saturated heterocycles. The Hall–Kier alpha value is -1.36. The first-order chi connectivity index (χ1) is 7.67. The van der Waals surface area contributed by atoms with Crippen molar-refractivity contribution in [2.75, 3.05) is 27.5 Å². The molecule has 4 nitrogen and oxygen atoms in total. The molecule has 88 valence electrons. The molecule has 16 heavy (non-hydrogen) atoms. The number of nitrogens with two attached hydrogens (primary N) is 1. The molecule has 0 aliphatic carbocycles. The Balaban J connectivity index is 3.37. The van der Waals surface area contributed by atoms with Crippen molar-refractivity contribution in [3.63, 3.8) is 0 Å². The van der Waals surface area contributed by atoms with E-state index in [2.05, 4.69) is 4.99 Å². The van der Waals surface area contributed by atoms with E-state index >= 15 is 0 Å². The van der Waals surface area contributed by atoms with Crippen LogP contribution in [-0.2, 0) is 0 Å². The third-order valence-electron chi connectivity index (χ3n) is 2.22. The van der Waals surface area contributed by atoms with E-state index in [4.69, 9.17) is 15.2 Å². The first-order valence-corrected chi connectivity index (χ1v) is 5.93.